The zero-order valence-corrected chi connectivity index (χ0v) is 16.0. The van der Waals surface area contributed by atoms with Crippen molar-refractivity contribution in [2.75, 3.05) is 13.6 Å². The molecule has 0 bridgehead atoms. The average Bonchev–Trinajstić information content (AvgIpc) is 3.05. The Balaban J connectivity index is 1.90. The van der Waals surface area contributed by atoms with Crippen molar-refractivity contribution >= 4 is 34.4 Å². The van der Waals surface area contributed by atoms with Gasteiger partial charge in [0.1, 0.15) is 0 Å². The van der Waals surface area contributed by atoms with Gasteiger partial charge >= 0.3 is 0 Å². The van der Waals surface area contributed by atoms with Crippen LogP contribution >= 0.6 is 12.2 Å². The number of aromatic nitrogens is 1. The molecule has 2 aromatic carbocycles. The van der Waals surface area contributed by atoms with Gasteiger partial charge in [0.15, 0.2) is 5.11 Å². The maximum atomic E-state index is 5.40. The van der Waals surface area contributed by atoms with Crippen molar-refractivity contribution < 1.29 is 0 Å². The van der Waals surface area contributed by atoms with Crippen LogP contribution in [0.15, 0.2) is 59.7 Å². The molecule has 0 fully saturated rings. The Morgan fingerprint density at radius 2 is 1.88 bits per heavy atom. The molecule has 0 saturated carbocycles. The third-order valence-corrected chi connectivity index (χ3v) is 4.68. The van der Waals surface area contributed by atoms with Crippen LogP contribution in [0, 0.1) is 0 Å². The first-order valence-corrected chi connectivity index (χ1v) is 9.33. The minimum absolute atomic E-state index is 0.635. The first-order chi connectivity index (χ1) is 12.7. The Morgan fingerprint density at radius 1 is 1.15 bits per heavy atom. The van der Waals surface area contributed by atoms with Crippen molar-refractivity contribution in [3.8, 4) is 11.3 Å². The molecule has 1 heterocycles. The van der Waals surface area contributed by atoms with E-state index in [-0.39, 0.29) is 0 Å². The number of thiocarbonyl (C=S) groups is 1. The molecular weight excluding hydrogens is 340 g/mol. The van der Waals surface area contributed by atoms with Gasteiger partial charge in [-0.25, -0.2) is 5.01 Å². The van der Waals surface area contributed by atoms with Gasteiger partial charge in [0, 0.05) is 30.1 Å². The molecule has 0 aliphatic carbocycles. The highest BCUT2D eigenvalue weighted by Gasteiger charge is 2.11. The second-order valence-electron chi connectivity index (χ2n) is 6.18. The number of hydrazone groups is 1. The maximum absolute atomic E-state index is 5.40. The van der Waals surface area contributed by atoms with Gasteiger partial charge in [0.2, 0.25) is 0 Å². The van der Waals surface area contributed by atoms with Gasteiger partial charge in [0.05, 0.1) is 11.9 Å². The van der Waals surface area contributed by atoms with E-state index in [1.807, 2.05) is 43.6 Å². The second-order valence-corrected chi connectivity index (χ2v) is 6.57. The van der Waals surface area contributed by atoms with E-state index in [1.165, 1.54) is 0 Å². The van der Waals surface area contributed by atoms with Gasteiger partial charge in [-0.15, -0.1) is 0 Å². The van der Waals surface area contributed by atoms with Crippen molar-refractivity contribution in [3.05, 3.63) is 60.2 Å². The summed E-state index contributed by atoms with van der Waals surface area (Å²) in [5.74, 6) is 0. The largest absolute Gasteiger partial charge is 0.361 e. The molecule has 0 spiro atoms. The standard InChI is InChI=1S/C21H24N4S/c1-3-4-14-22-21(26)25(2)23-15-18-17-12-8-9-13-19(17)24-20(18)16-10-6-5-7-11-16/h5-13,15,24H,3-4,14H2,1-2H3,(H,22,26). The number of H-pyrrole nitrogens is 1. The molecule has 0 aliphatic rings. The number of benzene rings is 2. The third-order valence-electron chi connectivity index (χ3n) is 4.27. The van der Waals surface area contributed by atoms with Crippen LogP contribution in [0.2, 0.25) is 0 Å². The quantitative estimate of drug-likeness (QED) is 0.286. The van der Waals surface area contributed by atoms with Crippen LogP contribution in [0.4, 0.5) is 0 Å². The first kappa shape index (κ1) is 18.1. The van der Waals surface area contributed by atoms with E-state index < -0.39 is 0 Å². The minimum Gasteiger partial charge on any atom is -0.361 e. The number of nitrogens with one attached hydrogen (secondary N) is 2. The summed E-state index contributed by atoms with van der Waals surface area (Å²) in [6, 6.07) is 18.6. The predicted octanol–water partition coefficient (Wildman–Crippen LogP) is 4.78. The van der Waals surface area contributed by atoms with Gasteiger partial charge in [0.25, 0.3) is 0 Å². The zero-order valence-electron chi connectivity index (χ0n) is 15.2. The summed E-state index contributed by atoms with van der Waals surface area (Å²) in [5, 5.41) is 11.3. The highest BCUT2D eigenvalue weighted by molar-refractivity contribution is 7.80. The number of hydrogen-bond acceptors (Lipinski definition) is 2. The van der Waals surface area contributed by atoms with Gasteiger partial charge in [-0.05, 0) is 30.3 Å². The molecule has 4 nitrogen and oxygen atoms in total. The summed E-state index contributed by atoms with van der Waals surface area (Å²) in [6.45, 7) is 3.03. The third kappa shape index (κ3) is 4.11. The summed E-state index contributed by atoms with van der Waals surface area (Å²) in [5.41, 5.74) is 4.36. The Hall–Kier alpha value is -2.66. The summed E-state index contributed by atoms with van der Waals surface area (Å²) in [4.78, 5) is 3.52. The Morgan fingerprint density at radius 3 is 2.65 bits per heavy atom. The molecule has 0 amide bonds. The molecule has 0 unspecified atom stereocenters. The number of aromatic amines is 1. The van der Waals surface area contributed by atoms with E-state index in [1.54, 1.807) is 5.01 Å². The van der Waals surface area contributed by atoms with Crippen LogP contribution in [-0.2, 0) is 0 Å². The summed E-state index contributed by atoms with van der Waals surface area (Å²) < 4.78 is 0. The lowest BCUT2D eigenvalue weighted by molar-refractivity contribution is 0.530. The molecule has 1 aromatic heterocycles. The number of fused-ring (bicyclic) bond motifs is 1. The molecule has 134 valence electrons. The van der Waals surface area contributed by atoms with Crippen molar-refractivity contribution in [1.82, 2.24) is 15.3 Å². The number of unbranched alkanes of at least 4 members (excludes halogenated alkanes) is 1. The van der Waals surface area contributed by atoms with Crippen LogP contribution in [0.25, 0.3) is 22.2 Å². The van der Waals surface area contributed by atoms with E-state index in [9.17, 15) is 0 Å². The highest BCUT2D eigenvalue weighted by atomic mass is 32.1. The molecule has 0 saturated heterocycles. The fourth-order valence-corrected chi connectivity index (χ4v) is 2.96. The molecule has 2 N–H and O–H groups in total. The average molecular weight is 365 g/mol. The van der Waals surface area contributed by atoms with E-state index >= 15 is 0 Å². The number of para-hydroxylation sites is 1. The molecule has 0 radical (unpaired) electrons. The smallest absolute Gasteiger partial charge is 0.189 e. The summed E-state index contributed by atoms with van der Waals surface area (Å²) in [7, 11) is 1.87. The van der Waals surface area contributed by atoms with E-state index in [2.05, 4.69) is 46.6 Å². The van der Waals surface area contributed by atoms with Gasteiger partial charge in [-0.3, -0.25) is 0 Å². The highest BCUT2D eigenvalue weighted by Crippen LogP contribution is 2.28. The van der Waals surface area contributed by atoms with E-state index in [4.69, 9.17) is 12.2 Å². The van der Waals surface area contributed by atoms with E-state index in [0.717, 1.165) is 47.1 Å². The molecular formula is C21H24N4S. The molecule has 3 aromatic rings. The van der Waals surface area contributed by atoms with Crippen LogP contribution in [0.3, 0.4) is 0 Å². The lowest BCUT2D eigenvalue weighted by Crippen LogP contribution is -2.34. The number of nitrogens with zero attached hydrogens (tertiary/aromatic N) is 2. The van der Waals surface area contributed by atoms with E-state index in [0.29, 0.717) is 5.11 Å². The van der Waals surface area contributed by atoms with Crippen molar-refractivity contribution in [2.24, 2.45) is 5.10 Å². The first-order valence-electron chi connectivity index (χ1n) is 8.92. The summed E-state index contributed by atoms with van der Waals surface area (Å²) in [6.07, 6.45) is 4.12. The van der Waals surface area contributed by atoms with Crippen molar-refractivity contribution in [1.29, 1.82) is 0 Å². The Labute approximate surface area is 159 Å². The van der Waals surface area contributed by atoms with Crippen LogP contribution in [0.1, 0.15) is 25.3 Å². The van der Waals surface area contributed by atoms with Crippen molar-refractivity contribution in [3.63, 3.8) is 0 Å². The topological polar surface area (TPSA) is 43.4 Å². The Bertz CT molecular complexity index is 899. The van der Waals surface area contributed by atoms with Gasteiger partial charge in [-0.1, -0.05) is 61.9 Å². The summed E-state index contributed by atoms with van der Waals surface area (Å²) >= 11 is 5.40. The maximum Gasteiger partial charge on any atom is 0.189 e. The SMILES string of the molecule is CCCCNC(=S)N(C)N=Cc1c(-c2ccccc2)[nH]c2ccccc12. The Kier molecular flexibility index (Phi) is 6.02. The van der Waals surface area contributed by atoms with Crippen LogP contribution < -0.4 is 5.32 Å². The lowest BCUT2D eigenvalue weighted by atomic mass is 10.1. The normalized spacial score (nSPS) is 11.2. The van der Waals surface area contributed by atoms with Gasteiger partial charge < -0.3 is 10.3 Å². The molecule has 3 rings (SSSR count). The van der Waals surface area contributed by atoms with Crippen molar-refractivity contribution in [2.45, 2.75) is 19.8 Å². The fourth-order valence-electron chi connectivity index (χ4n) is 2.81. The fraction of sp³-hybridized carbons (Fsp3) is 0.238. The molecule has 5 heteroatoms. The predicted molar refractivity (Wildman–Crippen MR) is 115 cm³/mol. The number of rotatable bonds is 6. The monoisotopic (exact) mass is 364 g/mol. The van der Waals surface area contributed by atoms with Crippen LogP contribution in [0.5, 0.6) is 0 Å². The second kappa shape index (κ2) is 8.63. The molecule has 0 aliphatic heterocycles. The van der Waals surface area contributed by atoms with Crippen LogP contribution in [-0.4, -0.2) is 34.9 Å². The van der Waals surface area contributed by atoms with Gasteiger partial charge in [-0.2, -0.15) is 5.10 Å². The zero-order chi connectivity index (χ0) is 18.4. The number of hydrogen-bond donors (Lipinski definition) is 2. The minimum atomic E-state index is 0.635. The molecule has 26 heavy (non-hydrogen) atoms. The lowest BCUT2D eigenvalue weighted by Gasteiger charge is -2.15. The molecule has 0 atom stereocenters.